The summed E-state index contributed by atoms with van der Waals surface area (Å²) < 4.78 is 83.9. The number of pyridine rings is 1. The van der Waals surface area contributed by atoms with Crippen LogP contribution >= 0.6 is 0 Å². The number of aromatic hydroxyl groups is 1. The number of ether oxygens (including phenoxy) is 2. The fraction of sp³-hybridized carbons (Fsp3) is 0.600. The molecule has 6 aliphatic rings. The molecule has 2 aromatic heterocycles. The number of phenolic OH excluding ortho intramolecular Hbond substituents is 1. The number of carbonyl (C=O) groups excluding carboxylic acids is 1. The third-order valence-corrected chi connectivity index (χ3v) is 10.2. The summed E-state index contributed by atoms with van der Waals surface area (Å²) in [7, 11) is 0. The first-order valence-electron chi connectivity index (χ1n) is 18.2. The zero-order chi connectivity index (χ0) is 36.2. The molecule has 10 nitrogen and oxygen atoms in total. The Labute approximate surface area is 281 Å². The van der Waals surface area contributed by atoms with Crippen LogP contribution in [-0.2, 0) is 4.74 Å². The Morgan fingerprint density at radius 2 is 1.94 bits per heavy atom. The van der Waals surface area contributed by atoms with Gasteiger partial charge in [-0.2, -0.15) is 9.97 Å². The quantitative estimate of drug-likeness (QED) is 0.334. The summed E-state index contributed by atoms with van der Waals surface area (Å²) in [5.41, 5.74) is -1.73. The maximum absolute atomic E-state index is 16.8. The van der Waals surface area contributed by atoms with Crippen molar-refractivity contribution in [3.05, 3.63) is 35.5 Å². The topological polar surface area (TPSA) is 104 Å². The van der Waals surface area contributed by atoms with Gasteiger partial charge in [0.2, 0.25) is 0 Å². The van der Waals surface area contributed by atoms with Crippen molar-refractivity contribution >= 4 is 22.8 Å². The minimum absolute atomic E-state index is 0.130. The van der Waals surface area contributed by atoms with Gasteiger partial charge in [0.15, 0.2) is 5.82 Å². The van der Waals surface area contributed by atoms with Crippen molar-refractivity contribution in [2.45, 2.75) is 101 Å². The van der Waals surface area contributed by atoms with Gasteiger partial charge in [-0.3, -0.25) is 9.88 Å². The molecule has 0 radical (unpaired) electrons. The molecule has 4 atom stereocenters. The molecule has 13 heteroatoms. The highest BCUT2D eigenvalue weighted by atomic mass is 19.1. The zero-order valence-electron chi connectivity index (χ0n) is 30.2. The normalized spacial score (nSPS) is 30.7. The number of fused-ring (bicyclic) bond motifs is 5. The van der Waals surface area contributed by atoms with E-state index in [9.17, 15) is 9.90 Å². The molecule has 1 N–H and O–H groups in total. The smallest absolute Gasteiger partial charge is 0.410 e. The average molecular weight is 670 g/mol. The number of nitrogens with zero attached hydrogens (tertiary/aromatic N) is 6. The number of phenols is 1. The van der Waals surface area contributed by atoms with Crippen LogP contribution in [0.2, 0.25) is 0 Å². The molecule has 4 unspecified atom stereocenters. The SMILES string of the molecule is [2H]C1(F)CN2C([2H])([2H])CCC2(COc2nc(N3CC4CCC3CN4C(=O)OC(C)(C)C)c3cnc(-c4cc(O)cc(F)c4C4CC4)c(F)c3n2)C1. The van der Waals surface area contributed by atoms with Crippen LogP contribution in [0.15, 0.2) is 18.3 Å². The van der Waals surface area contributed by atoms with Crippen molar-refractivity contribution in [1.82, 2.24) is 24.8 Å². The van der Waals surface area contributed by atoms with Crippen LogP contribution in [0.4, 0.5) is 23.8 Å². The third kappa shape index (κ3) is 5.47. The highest BCUT2D eigenvalue weighted by molar-refractivity contribution is 5.92. The van der Waals surface area contributed by atoms with Gasteiger partial charge in [-0.15, -0.1) is 0 Å². The molecule has 7 heterocycles. The fourth-order valence-corrected chi connectivity index (χ4v) is 7.83. The van der Waals surface area contributed by atoms with E-state index in [0.29, 0.717) is 18.9 Å². The second-order valence-electron chi connectivity index (χ2n) is 14.8. The molecule has 48 heavy (non-hydrogen) atoms. The Balaban J connectivity index is 1.20. The van der Waals surface area contributed by atoms with Crippen molar-refractivity contribution in [3.63, 3.8) is 0 Å². The van der Waals surface area contributed by atoms with Crippen LogP contribution in [0.5, 0.6) is 11.8 Å². The van der Waals surface area contributed by atoms with Crippen molar-refractivity contribution in [1.29, 1.82) is 0 Å². The van der Waals surface area contributed by atoms with Crippen LogP contribution in [-0.4, -0.2) is 98.1 Å². The highest BCUT2D eigenvalue weighted by Gasteiger charge is 2.50. The first kappa shape index (κ1) is 28.0. The number of rotatable bonds is 6. The summed E-state index contributed by atoms with van der Waals surface area (Å²) in [4.78, 5) is 31.8. The van der Waals surface area contributed by atoms with E-state index in [1.54, 1.807) is 4.90 Å². The van der Waals surface area contributed by atoms with E-state index in [4.69, 9.17) is 18.6 Å². The fourth-order valence-electron chi connectivity index (χ4n) is 7.83. The van der Waals surface area contributed by atoms with Gasteiger partial charge in [-0.05, 0) is 77.8 Å². The lowest BCUT2D eigenvalue weighted by molar-refractivity contribution is 0.000790. The molecular weight excluding hydrogens is 625 g/mol. The zero-order valence-corrected chi connectivity index (χ0v) is 27.2. The Hall–Kier alpha value is -3.87. The summed E-state index contributed by atoms with van der Waals surface area (Å²) in [5.74, 6) is -1.68. The van der Waals surface area contributed by atoms with Gasteiger partial charge in [0, 0.05) is 58.2 Å². The van der Waals surface area contributed by atoms with Gasteiger partial charge in [0.25, 0.3) is 0 Å². The maximum atomic E-state index is 16.8. The monoisotopic (exact) mass is 669 g/mol. The third-order valence-electron chi connectivity index (χ3n) is 10.2. The minimum atomic E-state index is -2.37. The maximum Gasteiger partial charge on any atom is 0.410 e. The summed E-state index contributed by atoms with van der Waals surface area (Å²) in [6.45, 7) is 3.66. The number of amides is 1. The molecule has 5 saturated heterocycles. The molecule has 256 valence electrons. The highest BCUT2D eigenvalue weighted by Crippen LogP contribution is 2.48. The standard InChI is InChI=1S/C35H41F3N6O4/c1-34(2,3)48-33(46)44-17-21-7-8-22(44)16-43(21)31-25-14-39-29(24-11-23(45)12-26(37)27(24)19-5-6-19)28(38)30(25)40-32(41-31)47-18-35-9-4-10-42(35)15-20(36)13-35/h11-12,14,19-22,45H,4-10,13,15-18H2,1-3H3/i10D2,20D. The van der Waals surface area contributed by atoms with E-state index in [2.05, 4.69) is 9.97 Å². The molecule has 5 aliphatic heterocycles. The predicted octanol–water partition coefficient (Wildman–Crippen LogP) is 6.10. The van der Waals surface area contributed by atoms with E-state index in [0.717, 1.165) is 31.7 Å². The van der Waals surface area contributed by atoms with Gasteiger partial charge in [-0.25, -0.2) is 18.0 Å². The Kier molecular flexibility index (Phi) is 6.62. The van der Waals surface area contributed by atoms with Crippen molar-refractivity contribution in [2.24, 2.45) is 0 Å². The molecule has 9 rings (SSSR count). The number of piperazine rings is 1. The van der Waals surface area contributed by atoms with E-state index >= 15 is 13.2 Å². The van der Waals surface area contributed by atoms with Crippen LogP contribution < -0.4 is 9.64 Å². The largest absolute Gasteiger partial charge is 0.508 e. The van der Waals surface area contributed by atoms with Crippen LogP contribution in [0, 0.1) is 11.6 Å². The number of halogens is 3. The van der Waals surface area contributed by atoms with Crippen LogP contribution in [0.1, 0.15) is 81.3 Å². The van der Waals surface area contributed by atoms with Gasteiger partial charge < -0.3 is 24.4 Å². The molecule has 2 bridgehead atoms. The minimum Gasteiger partial charge on any atom is -0.508 e. The predicted molar refractivity (Wildman–Crippen MR) is 172 cm³/mol. The second-order valence-corrected chi connectivity index (χ2v) is 14.8. The van der Waals surface area contributed by atoms with Crippen molar-refractivity contribution in [2.75, 3.05) is 37.6 Å². The Morgan fingerprint density at radius 3 is 2.67 bits per heavy atom. The van der Waals surface area contributed by atoms with Gasteiger partial charge >= 0.3 is 12.1 Å². The molecule has 6 fully saturated rings. The number of benzene rings is 1. The first-order chi connectivity index (χ1) is 23.9. The van der Waals surface area contributed by atoms with Crippen LogP contribution in [0.25, 0.3) is 22.2 Å². The van der Waals surface area contributed by atoms with E-state index in [1.807, 2.05) is 25.7 Å². The number of aromatic nitrogens is 3. The lowest BCUT2D eigenvalue weighted by Gasteiger charge is -2.51. The number of hydrogen-bond acceptors (Lipinski definition) is 9. The molecule has 1 saturated carbocycles. The van der Waals surface area contributed by atoms with Crippen LogP contribution in [0.3, 0.4) is 0 Å². The molecule has 1 aromatic carbocycles. The lowest BCUT2D eigenvalue weighted by Crippen LogP contribution is -2.64. The number of carbonyl (C=O) groups is 1. The number of hydrogen-bond donors (Lipinski definition) is 1. The summed E-state index contributed by atoms with van der Waals surface area (Å²) >= 11 is 0. The van der Waals surface area contributed by atoms with Gasteiger partial charge in [-0.1, -0.05) is 0 Å². The molecule has 0 spiro atoms. The summed E-state index contributed by atoms with van der Waals surface area (Å²) in [6.07, 6.45) is 1.66. The van der Waals surface area contributed by atoms with E-state index in [1.165, 1.54) is 17.2 Å². The van der Waals surface area contributed by atoms with Crippen molar-refractivity contribution in [3.8, 4) is 23.0 Å². The summed E-state index contributed by atoms with van der Waals surface area (Å²) in [5, 5.41) is 10.6. The second kappa shape index (κ2) is 11.3. The first-order valence-corrected chi connectivity index (χ1v) is 16.7. The van der Waals surface area contributed by atoms with Gasteiger partial charge in [0.05, 0.1) is 18.3 Å². The number of alkyl halides is 1. The number of piperidine rings is 2. The molecular formula is C35H41F3N6O4. The Bertz CT molecular complexity index is 1930. The number of anilines is 1. The molecule has 1 aliphatic carbocycles. The lowest BCUT2D eigenvalue weighted by atomic mass is 9.91. The van der Waals surface area contributed by atoms with Crippen molar-refractivity contribution < 1.29 is 36.7 Å². The van der Waals surface area contributed by atoms with E-state index in [-0.39, 0.29) is 83.4 Å². The Morgan fingerprint density at radius 1 is 1.15 bits per heavy atom. The average Bonchev–Trinajstić information content (AvgIpc) is 3.80. The van der Waals surface area contributed by atoms with Gasteiger partial charge in [0.1, 0.15) is 47.0 Å². The van der Waals surface area contributed by atoms with E-state index < -0.39 is 48.1 Å². The molecule has 3 aromatic rings. The molecule has 1 amide bonds. The summed E-state index contributed by atoms with van der Waals surface area (Å²) in [6, 6.07) is 1.66.